The minimum absolute atomic E-state index is 0.176. The first-order valence-electron chi connectivity index (χ1n) is 6.15. The third-order valence-corrected chi connectivity index (χ3v) is 2.99. The Bertz CT molecular complexity index is 385. The van der Waals surface area contributed by atoms with Gasteiger partial charge in [-0.25, -0.2) is 0 Å². The molecule has 0 aliphatic heterocycles. The fraction of sp³-hybridized carbons (Fsp3) is 0.615. The zero-order valence-corrected chi connectivity index (χ0v) is 11.3. The van der Waals surface area contributed by atoms with Crippen molar-refractivity contribution in [1.29, 1.82) is 0 Å². The summed E-state index contributed by atoms with van der Waals surface area (Å²) in [5.41, 5.74) is -0.279. The molecule has 1 atom stereocenters. The molecule has 5 nitrogen and oxygen atoms in total. The van der Waals surface area contributed by atoms with Crippen molar-refractivity contribution in [2.45, 2.75) is 32.4 Å². The fourth-order valence-corrected chi connectivity index (χ4v) is 1.49. The van der Waals surface area contributed by atoms with Crippen molar-refractivity contribution in [2.75, 3.05) is 20.3 Å². The maximum Gasteiger partial charge on any atom is 0.268 e. The number of hydrogen-bond acceptors (Lipinski definition) is 3. The molecule has 2 N–H and O–H groups in total. The Morgan fingerprint density at radius 1 is 1.61 bits per heavy atom. The zero-order chi connectivity index (χ0) is 13.6. The molecule has 0 radical (unpaired) electrons. The molecule has 0 fully saturated rings. The van der Waals surface area contributed by atoms with Crippen LogP contribution in [0.2, 0.25) is 0 Å². The number of ether oxygens (including phenoxy) is 1. The van der Waals surface area contributed by atoms with Crippen LogP contribution in [-0.2, 0) is 11.3 Å². The third kappa shape index (κ3) is 4.16. The molecule has 0 saturated heterocycles. The summed E-state index contributed by atoms with van der Waals surface area (Å²) in [6, 6.07) is 3.58. The first-order valence-corrected chi connectivity index (χ1v) is 6.15. The average Bonchev–Trinajstić information content (AvgIpc) is 2.82. The summed E-state index contributed by atoms with van der Waals surface area (Å²) in [5, 5.41) is 12.6. The minimum Gasteiger partial charge on any atom is -0.388 e. The summed E-state index contributed by atoms with van der Waals surface area (Å²) in [5.74, 6) is -0.176. The Labute approximate surface area is 108 Å². The van der Waals surface area contributed by atoms with E-state index in [-0.39, 0.29) is 12.5 Å². The number of aliphatic hydroxyl groups is 1. The van der Waals surface area contributed by atoms with Crippen molar-refractivity contribution in [2.24, 2.45) is 0 Å². The van der Waals surface area contributed by atoms with Crippen LogP contribution in [0.3, 0.4) is 0 Å². The van der Waals surface area contributed by atoms with E-state index in [2.05, 4.69) is 5.32 Å². The second-order valence-electron chi connectivity index (χ2n) is 4.61. The van der Waals surface area contributed by atoms with E-state index in [1.807, 2.05) is 23.8 Å². The zero-order valence-electron chi connectivity index (χ0n) is 11.3. The number of nitrogens with zero attached hydrogens (tertiary/aromatic N) is 1. The van der Waals surface area contributed by atoms with Gasteiger partial charge in [0.2, 0.25) is 0 Å². The monoisotopic (exact) mass is 254 g/mol. The summed E-state index contributed by atoms with van der Waals surface area (Å²) >= 11 is 0. The topological polar surface area (TPSA) is 63.5 Å². The molecule has 0 aliphatic rings. The smallest absolute Gasteiger partial charge is 0.268 e. The Hall–Kier alpha value is -1.33. The van der Waals surface area contributed by atoms with Crippen LogP contribution in [0, 0.1) is 0 Å². The van der Waals surface area contributed by atoms with Crippen molar-refractivity contribution in [3.8, 4) is 0 Å². The standard InChI is InChI=1S/C13H22N2O3/c1-4-13(2,17)10-14-12(16)11-6-5-7-15(11)8-9-18-3/h5-7,17H,4,8-10H2,1-3H3,(H,14,16). The number of rotatable bonds is 7. The highest BCUT2D eigenvalue weighted by Gasteiger charge is 2.19. The van der Waals surface area contributed by atoms with Crippen LogP contribution >= 0.6 is 0 Å². The molecule has 1 unspecified atom stereocenters. The largest absolute Gasteiger partial charge is 0.388 e. The molecule has 1 rings (SSSR count). The number of hydrogen-bond donors (Lipinski definition) is 2. The van der Waals surface area contributed by atoms with Crippen LogP contribution in [0.25, 0.3) is 0 Å². The number of carbonyl (C=O) groups is 1. The molecule has 1 aromatic heterocycles. The molecule has 0 spiro atoms. The van der Waals surface area contributed by atoms with Crippen LogP contribution in [0.15, 0.2) is 18.3 Å². The van der Waals surface area contributed by atoms with E-state index in [0.717, 1.165) is 0 Å². The van der Waals surface area contributed by atoms with Crippen molar-refractivity contribution in [3.63, 3.8) is 0 Å². The van der Waals surface area contributed by atoms with Gasteiger partial charge in [0.05, 0.1) is 12.2 Å². The van der Waals surface area contributed by atoms with E-state index in [9.17, 15) is 9.90 Å². The van der Waals surface area contributed by atoms with Gasteiger partial charge >= 0.3 is 0 Å². The first-order chi connectivity index (χ1) is 8.50. The maximum atomic E-state index is 12.0. The minimum atomic E-state index is -0.861. The number of methoxy groups -OCH3 is 1. The number of amides is 1. The van der Waals surface area contributed by atoms with Crippen LogP contribution < -0.4 is 5.32 Å². The second kappa shape index (κ2) is 6.56. The van der Waals surface area contributed by atoms with Gasteiger partial charge in [0, 0.05) is 26.4 Å². The predicted octanol–water partition coefficient (Wildman–Crippen LogP) is 1.03. The van der Waals surface area contributed by atoms with E-state index in [0.29, 0.717) is 25.3 Å². The highest BCUT2D eigenvalue weighted by molar-refractivity contribution is 5.92. The molecule has 0 bridgehead atoms. The van der Waals surface area contributed by atoms with Crippen LogP contribution in [0.5, 0.6) is 0 Å². The van der Waals surface area contributed by atoms with Gasteiger partial charge < -0.3 is 19.7 Å². The quantitative estimate of drug-likeness (QED) is 0.763. The molecule has 102 valence electrons. The van der Waals surface area contributed by atoms with Gasteiger partial charge in [0.1, 0.15) is 5.69 Å². The number of carbonyl (C=O) groups excluding carboxylic acids is 1. The van der Waals surface area contributed by atoms with Crippen molar-refractivity contribution in [1.82, 2.24) is 9.88 Å². The summed E-state index contributed by atoms with van der Waals surface area (Å²) in [6.07, 6.45) is 2.43. The van der Waals surface area contributed by atoms with E-state index >= 15 is 0 Å². The van der Waals surface area contributed by atoms with E-state index in [1.54, 1.807) is 20.1 Å². The van der Waals surface area contributed by atoms with Gasteiger partial charge in [-0.1, -0.05) is 6.92 Å². The van der Waals surface area contributed by atoms with Crippen LogP contribution in [-0.4, -0.2) is 41.4 Å². The molecule has 0 aromatic carbocycles. The summed E-state index contributed by atoms with van der Waals surface area (Å²) in [6.45, 7) is 5.03. The Morgan fingerprint density at radius 2 is 2.33 bits per heavy atom. The SMILES string of the molecule is CCC(C)(O)CNC(=O)c1cccn1CCOC. The van der Waals surface area contributed by atoms with Crippen molar-refractivity contribution < 1.29 is 14.6 Å². The lowest BCUT2D eigenvalue weighted by Crippen LogP contribution is -2.40. The summed E-state index contributed by atoms with van der Waals surface area (Å²) in [4.78, 5) is 12.0. The van der Waals surface area contributed by atoms with Crippen molar-refractivity contribution >= 4 is 5.91 Å². The molecule has 0 saturated carbocycles. The predicted molar refractivity (Wildman–Crippen MR) is 69.6 cm³/mol. The molecule has 1 heterocycles. The normalized spacial score (nSPS) is 14.2. The van der Waals surface area contributed by atoms with Gasteiger partial charge in [-0.15, -0.1) is 0 Å². The molecular formula is C13H22N2O3. The lowest BCUT2D eigenvalue weighted by molar-refractivity contribution is 0.0515. The summed E-state index contributed by atoms with van der Waals surface area (Å²) in [7, 11) is 1.63. The number of nitrogens with one attached hydrogen (secondary N) is 1. The lowest BCUT2D eigenvalue weighted by atomic mass is 10.0. The molecule has 1 amide bonds. The second-order valence-corrected chi connectivity index (χ2v) is 4.61. The van der Waals surface area contributed by atoms with Gasteiger partial charge in [-0.05, 0) is 25.5 Å². The fourth-order valence-electron chi connectivity index (χ4n) is 1.49. The van der Waals surface area contributed by atoms with Crippen molar-refractivity contribution in [3.05, 3.63) is 24.0 Å². The Balaban J connectivity index is 2.59. The maximum absolute atomic E-state index is 12.0. The van der Waals surface area contributed by atoms with E-state index in [4.69, 9.17) is 4.74 Å². The van der Waals surface area contributed by atoms with Gasteiger partial charge in [0.15, 0.2) is 0 Å². The van der Waals surface area contributed by atoms with Crippen LogP contribution in [0.4, 0.5) is 0 Å². The van der Waals surface area contributed by atoms with Crippen LogP contribution in [0.1, 0.15) is 30.8 Å². The molecular weight excluding hydrogens is 232 g/mol. The average molecular weight is 254 g/mol. The summed E-state index contributed by atoms with van der Waals surface area (Å²) < 4.78 is 6.82. The molecule has 1 aromatic rings. The lowest BCUT2D eigenvalue weighted by Gasteiger charge is -2.21. The first kappa shape index (κ1) is 14.7. The number of aromatic nitrogens is 1. The third-order valence-electron chi connectivity index (χ3n) is 2.99. The molecule has 18 heavy (non-hydrogen) atoms. The molecule has 5 heteroatoms. The highest BCUT2D eigenvalue weighted by atomic mass is 16.5. The van der Waals surface area contributed by atoms with E-state index in [1.165, 1.54) is 0 Å². The van der Waals surface area contributed by atoms with Gasteiger partial charge in [0.25, 0.3) is 5.91 Å². The Kier molecular flexibility index (Phi) is 5.37. The highest BCUT2D eigenvalue weighted by Crippen LogP contribution is 2.07. The van der Waals surface area contributed by atoms with E-state index < -0.39 is 5.60 Å². The van der Waals surface area contributed by atoms with Gasteiger partial charge in [-0.2, -0.15) is 0 Å². The molecule has 0 aliphatic carbocycles. The Morgan fingerprint density at radius 3 is 2.94 bits per heavy atom. The van der Waals surface area contributed by atoms with Gasteiger partial charge in [-0.3, -0.25) is 4.79 Å².